The third kappa shape index (κ3) is 6.48. The van der Waals surface area contributed by atoms with Gasteiger partial charge in [-0.2, -0.15) is 5.26 Å². The summed E-state index contributed by atoms with van der Waals surface area (Å²) in [5.41, 5.74) is 0.0514. The highest BCUT2D eigenvalue weighted by molar-refractivity contribution is 7.99. The van der Waals surface area contributed by atoms with Gasteiger partial charge in [0.1, 0.15) is 5.54 Å². The summed E-state index contributed by atoms with van der Waals surface area (Å²) in [6, 6.07) is 9.73. The van der Waals surface area contributed by atoms with Crippen molar-refractivity contribution in [2.45, 2.75) is 70.6 Å². The van der Waals surface area contributed by atoms with Gasteiger partial charge in [0.2, 0.25) is 5.91 Å². The Bertz CT molecular complexity index is 875. The summed E-state index contributed by atoms with van der Waals surface area (Å²) >= 11 is 7.36. The predicted octanol–water partition coefficient (Wildman–Crippen LogP) is 5.33. The summed E-state index contributed by atoms with van der Waals surface area (Å²) in [6.45, 7) is 8.56. The zero-order valence-electron chi connectivity index (χ0n) is 18.1. The number of benzene rings is 1. The van der Waals surface area contributed by atoms with E-state index in [1.54, 1.807) is 6.92 Å². The van der Waals surface area contributed by atoms with E-state index in [1.807, 2.05) is 38.1 Å². The molecule has 1 unspecified atom stereocenters. The smallest absolute Gasteiger partial charge is 0.231 e. The lowest BCUT2D eigenvalue weighted by Gasteiger charge is -2.27. The van der Waals surface area contributed by atoms with Gasteiger partial charge in [0.25, 0.3) is 0 Å². The van der Waals surface area contributed by atoms with Crippen LogP contribution in [0, 0.1) is 17.2 Å². The van der Waals surface area contributed by atoms with Crippen LogP contribution in [-0.2, 0) is 11.3 Å². The fourth-order valence-corrected chi connectivity index (χ4v) is 3.75. The molecule has 0 aliphatic heterocycles. The number of carbonyl (C=O) groups is 1. The standard InChI is InChI=1S/C22H30ClN5OS/c1-5-6-7-8-13-28-20(17-9-11-18(23)12-10-17)26-27-21(28)30-14-19(29)25-22(4,15-24)16(2)3/h9-12,16H,5-8,13-14H2,1-4H3,(H,25,29). The minimum Gasteiger partial charge on any atom is -0.337 e. The third-order valence-electron chi connectivity index (χ3n) is 5.17. The monoisotopic (exact) mass is 447 g/mol. The van der Waals surface area contributed by atoms with Crippen molar-refractivity contribution in [3.8, 4) is 17.5 Å². The van der Waals surface area contributed by atoms with Crippen LogP contribution < -0.4 is 5.32 Å². The van der Waals surface area contributed by atoms with Crippen LogP contribution in [0.5, 0.6) is 0 Å². The van der Waals surface area contributed by atoms with E-state index in [4.69, 9.17) is 11.6 Å². The van der Waals surface area contributed by atoms with Gasteiger partial charge in [-0.05, 0) is 43.5 Å². The van der Waals surface area contributed by atoms with Gasteiger partial charge in [-0.25, -0.2) is 0 Å². The number of thioether (sulfide) groups is 1. The molecule has 0 aliphatic carbocycles. The number of halogens is 1. The highest BCUT2D eigenvalue weighted by Gasteiger charge is 2.30. The van der Waals surface area contributed by atoms with Gasteiger partial charge in [0, 0.05) is 17.1 Å². The lowest BCUT2D eigenvalue weighted by atomic mass is 9.90. The van der Waals surface area contributed by atoms with Gasteiger partial charge in [-0.15, -0.1) is 10.2 Å². The predicted molar refractivity (Wildman–Crippen MR) is 122 cm³/mol. The molecular formula is C22H30ClN5OS. The number of amides is 1. The van der Waals surface area contributed by atoms with Crippen LogP contribution in [0.2, 0.25) is 5.02 Å². The average Bonchev–Trinajstić information content (AvgIpc) is 3.12. The molecule has 1 heterocycles. The first-order valence-corrected chi connectivity index (χ1v) is 11.7. The number of nitrogens with one attached hydrogen (secondary N) is 1. The molecule has 0 fully saturated rings. The van der Waals surface area contributed by atoms with Crippen LogP contribution in [0.25, 0.3) is 11.4 Å². The van der Waals surface area contributed by atoms with Crippen molar-refractivity contribution in [2.75, 3.05) is 5.75 Å². The summed E-state index contributed by atoms with van der Waals surface area (Å²) < 4.78 is 2.07. The summed E-state index contributed by atoms with van der Waals surface area (Å²) in [4.78, 5) is 12.5. The van der Waals surface area contributed by atoms with Crippen molar-refractivity contribution < 1.29 is 4.79 Å². The van der Waals surface area contributed by atoms with E-state index in [-0.39, 0.29) is 17.6 Å². The molecule has 0 saturated carbocycles. The van der Waals surface area contributed by atoms with Crippen molar-refractivity contribution in [1.82, 2.24) is 20.1 Å². The van der Waals surface area contributed by atoms with Crippen LogP contribution >= 0.6 is 23.4 Å². The molecule has 0 saturated heterocycles. The summed E-state index contributed by atoms with van der Waals surface area (Å²) in [7, 11) is 0. The maximum atomic E-state index is 12.5. The number of unbranched alkanes of at least 4 members (excludes halogenated alkanes) is 3. The van der Waals surface area contributed by atoms with Crippen molar-refractivity contribution in [3.05, 3.63) is 29.3 Å². The highest BCUT2D eigenvalue weighted by Crippen LogP contribution is 2.26. The molecule has 0 spiro atoms. The van der Waals surface area contributed by atoms with E-state index in [0.29, 0.717) is 10.2 Å². The molecule has 1 N–H and O–H groups in total. The Morgan fingerprint density at radius 1 is 1.27 bits per heavy atom. The van der Waals surface area contributed by atoms with Gasteiger partial charge < -0.3 is 9.88 Å². The minimum atomic E-state index is -0.889. The Hall–Kier alpha value is -2.04. The fourth-order valence-electron chi connectivity index (χ4n) is 2.86. The number of rotatable bonds is 11. The number of hydrogen-bond acceptors (Lipinski definition) is 5. The SMILES string of the molecule is CCCCCCn1c(SCC(=O)NC(C)(C#N)C(C)C)nnc1-c1ccc(Cl)cc1. The molecule has 1 aromatic carbocycles. The zero-order valence-corrected chi connectivity index (χ0v) is 19.7. The van der Waals surface area contributed by atoms with E-state index in [0.717, 1.165) is 30.8 Å². The Morgan fingerprint density at radius 3 is 2.57 bits per heavy atom. The Kier molecular flexibility index (Phi) is 9.19. The quantitative estimate of drug-likeness (QED) is 0.372. The number of carbonyl (C=O) groups excluding carboxylic acids is 1. The van der Waals surface area contributed by atoms with Gasteiger partial charge >= 0.3 is 0 Å². The van der Waals surface area contributed by atoms with Crippen LogP contribution in [0.4, 0.5) is 0 Å². The van der Waals surface area contributed by atoms with Gasteiger partial charge in [-0.3, -0.25) is 4.79 Å². The number of hydrogen-bond donors (Lipinski definition) is 1. The Balaban J connectivity index is 2.15. The van der Waals surface area contributed by atoms with Crippen molar-refractivity contribution >= 4 is 29.3 Å². The molecule has 1 atom stereocenters. The lowest BCUT2D eigenvalue weighted by Crippen LogP contribution is -2.49. The molecule has 8 heteroatoms. The van der Waals surface area contributed by atoms with Crippen LogP contribution in [0.15, 0.2) is 29.4 Å². The molecule has 6 nitrogen and oxygen atoms in total. The van der Waals surface area contributed by atoms with Crippen molar-refractivity contribution in [2.24, 2.45) is 5.92 Å². The molecule has 0 aliphatic rings. The van der Waals surface area contributed by atoms with Crippen LogP contribution in [-0.4, -0.2) is 32.0 Å². The molecule has 30 heavy (non-hydrogen) atoms. The topological polar surface area (TPSA) is 83.6 Å². The van der Waals surface area contributed by atoms with Gasteiger partial charge in [-0.1, -0.05) is 63.4 Å². The van der Waals surface area contributed by atoms with E-state index < -0.39 is 5.54 Å². The molecule has 162 valence electrons. The van der Waals surface area contributed by atoms with E-state index >= 15 is 0 Å². The first kappa shape index (κ1) is 24.2. The number of aromatic nitrogens is 3. The summed E-state index contributed by atoms with van der Waals surface area (Å²) in [5, 5.41) is 22.3. The van der Waals surface area contributed by atoms with Crippen molar-refractivity contribution in [3.63, 3.8) is 0 Å². The van der Waals surface area contributed by atoms with Gasteiger partial charge in [0.15, 0.2) is 11.0 Å². The molecule has 0 bridgehead atoms. The third-order valence-corrected chi connectivity index (χ3v) is 6.39. The second kappa shape index (κ2) is 11.4. The molecule has 1 amide bonds. The van der Waals surface area contributed by atoms with E-state index in [1.165, 1.54) is 24.6 Å². The Labute approximate surface area is 188 Å². The summed E-state index contributed by atoms with van der Waals surface area (Å²) in [5.74, 6) is 0.772. The minimum absolute atomic E-state index is 0.00942. The van der Waals surface area contributed by atoms with Gasteiger partial charge in [0.05, 0.1) is 11.8 Å². The molecular weight excluding hydrogens is 418 g/mol. The summed E-state index contributed by atoms with van der Waals surface area (Å²) in [6.07, 6.45) is 4.51. The maximum absolute atomic E-state index is 12.5. The number of nitrogens with zero attached hydrogens (tertiary/aromatic N) is 4. The molecule has 2 aromatic rings. The first-order chi connectivity index (χ1) is 14.3. The van der Waals surface area contributed by atoms with E-state index in [9.17, 15) is 10.1 Å². The lowest BCUT2D eigenvalue weighted by molar-refractivity contribution is -0.120. The molecule has 1 aromatic heterocycles. The molecule has 0 radical (unpaired) electrons. The normalized spacial score (nSPS) is 13.1. The number of nitriles is 1. The average molecular weight is 448 g/mol. The van der Waals surface area contributed by atoms with E-state index in [2.05, 4.69) is 33.1 Å². The maximum Gasteiger partial charge on any atom is 0.231 e. The van der Waals surface area contributed by atoms with Crippen LogP contribution in [0.1, 0.15) is 53.4 Å². The zero-order chi connectivity index (χ0) is 22.1. The fraction of sp³-hybridized carbons (Fsp3) is 0.545. The second-order valence-electron chi connectivity index (χ2n) is 7.83. The highest BCUT2D eigenvalue weighted by atomic mass is 35.5. The van der Waals surface area contributed by atoms with Crippen LogP contribution in [0.3, 0.4) is 0 Å². The Morgan fingerprint density at radius 2 is 1.97 bits per heavy atom. The first-order valence-electron chi connectivity index (χ1n) is 10.3. The largest absolute Gasteiger partial charge is 0.337 e. The van der Waals surface area contributed by atoms with Crippen molar-refractivity contribution in [1.29, 1.82) is 5.26 Å². The molecule has 2 rings (SSSR count). The second-order valence-corrected chi connectivity index (χ2v) is 9.21.